The first-order chi connectivity index (χ1) is 19.9. The molecule has 41 heavy (non-hydrogen) atoms. The zero-order valence-electron chi connectivity index (χ0n) is 23.5. The van der Waals surface area contributed by atoms with Crippen molar-refractivity contribution in [2.75, 3.05) is 44.9 Å². The molecule has 0 aliphatic heterocycles. The number of hydrogen-bond donors (Lipinski definition) is 1. The molecule has 0 aromatic heterocycles. The van der Waals surface area contributed by atoms with E-state index in [2.05, 4.69) is 4.72 Å². The largest absolute Gasteiger partial charge is 0.491 e. The van der Waals surface area contributed by atoms with Crippen LogP contribution in [0.3, 0.4) is 0 Å². The number of rotatable bonds is 16. The van der Waals surface area contributed by atoms with Crippen LogP contribution in [0.25, 0.3) is 0 Å². The first-order valence-electron chi connectivity index (χ1n) is 13.9. The Hall–Kier alpha value is -3.60. The molecule has 0 bridgehead atoms. The van der Waals surface area contributed by atoms with Gasteiger partial charge in [0.05, 0.1) is 13.2 Å². The first kappa shape index (κ1) is 30.4. The van der Waals surface area contributed by atoms with Gasteiger partial charge in [-0.05, 0) is 48.4 Å². The fourth-order valence-electron chi connectivity index (χ4n) is 4.40. The molecule has 1 aliphatic carbocycles. The number of carbonyl (C=O) groups is 1. The monoisotopic (exact) mass is 582 g/mol. The molecule has 1 fully saturated rings. The number of carbonyl (C=O) groups excluding carboxylic acids is 1. The molecule has 3 aromatic rings. The quantitative estimate of drug-likeness (QED) is 0.222. The third-order valence-electron chi connectivity index (χ3n) is 6.67. The summed E-state index contributed by atoms with van der Waals surface area (Å²) in [5.41, 5.74) is 2.19. The topological polar surface area (TPSA) is 103 Å². The Morgan fingerprint density at radius 1 is 0.902 bits per heavy atom. The molecule has 0 atom stereocenters. The minimum atomic E-state index is -4.47. The maximum absolute atomic E-state index is 13.5. The van der Waals surface area contributed by atoms with Crippen molar-refractivity contribution in [3.8, 4) is 11.5 Å². The Morgan fingerprint density at radius 2 is 1.51 bits per heavy atom. The average Bonchev–Trinajstić information content (AvgIpc) is 3.81. The first-order valence-corrected chi connectivity index (χ1v) is 15.3. The Morgan fingerprint density at radius 3 is 2.07 bits per heavy atom. The Balaban J connectivity index is 1.54. The molecule has 1 N–H and O–H groups in total. The average molecular weight is 583 g/mol. The smallest absolute Gasteiger partial charge is 0.431 e. The lowest BCUT2D eigenvalue weighted by Gasteiger charge is -2.26. The number of anilines is 1. The molecule has 4 rings (SSSR count). The zero-order chi connectivity index (χ0) is 29.1. The highest BCUT2D eigenvalue weighted by atomic mass is 32.2. The summed E-state index contributed by atoms with van der Waals surface area (Å²) >= 11 is 0. The van der Waals surface area contributed by atoms with Gasteiger partial charge in [-0.25, -0.2) is 4.79 Å². The van der Waals surface area contributed by atoms with Crippen molar-refractivity contribution in [3.05, 3.63) is 90.0 Å². The maximum atomic E-state index is 13.5. The van der Waals surface area contributed by atoms with E-state index in [0.717, 1.165) is 24.0 Å². The third-order valence-corrected chi connectivity index (χ3v) is 7.55. The summed E-state index contributed by atoms with van der Waals surface area (Å²) in [6, 6.07) is 24.4. The lowest BCUT2D eigenvalue weighted by atomic mass is 9.92. The second kappa shape index (κ2) is 14.9. The van der Waals surface area contributed by atoms with Crippen LogP contribution in [-0.2, 0) is 19.2 Å². The van der Waals surface area contributed by atoms with Crippen LogP contribution in [0, 0.1) is 5.92 Å². The van der Waals surface area contributed by atoms with E-state index in [4.69, 9.17) is 18.4 Å². The van der Waals surface area contributed by atoms with E-state index in [1.165, 1.54) is 4.90 Å². The van der Waals surface area contributed by atoms with E-state index in [0.29, 0.717) is 42.7 Å². The van der Waals surface area contributed by atoms with E-state index in [9.17, 15) is 13.2 Å². The summed E-state index contributed by atoms with van der Waals surface area (Å²) in [5.74, 6) is 0.990. The Bertz CT molecular complexity index is 1310. The molecular weight excluding hydrogens is 544 g/mol. The molecule has 1 amide bonds. The minimum absolute atomic E-state index is 0.00385. The molecule has 220 valence electrons. The van der Waals surface area contributed by atoms with Crippen molar-refractivity contribution < 1.29 is 31.6 Å². The zero-order valence-corrected chi connectivity index (χ0v) is 24.3. The van der Waals surface area contributed by atoms with Gasteiger partial charge in [0.1, 0.15) is 23.8 Å². The van der Waals surface area contributed by atoms with Gasteiger partial charge in [0.25, 0.3) is 0 Å². The van der Waals surface area contributed by atoms with E-state index in [1.807, 2.05) is 67.6 Å². The van der Waals surface area contributed by atoms with Gasteiger partial charge in [0.15, 0.2) is 0 Å². The van der Waals surface area contributed by atoms with Gasteiger partial charge < -0.3 is 18.4 Å². The molecule has 1 aliphatic rings. The van der Waals surface area contributed by atoms with Gasteiger partial charge in [0.2, 0.25) is 0 Å². The number of nitrogens with one attached hydrogen (secondary N) is 1. The summed E-state index contributed by atoms with van der Waals surface area (Å²) in [6.07, 6.45) is 1.68. The fraction of sp³-hybridized carbons (Fsp3) is 0.387. The van der Waals surface area contributed by atoms with Gasteiger partial charge in [0, 0.05) is 26.1 Å². The molecule has 0 spiro atoms. The molecule has 10 heteroatoms. The molecule has 9 nitrogen and oxygen atoms in total. The van der Waals surface area contributed by atoms with Crippen molar-refractivity contribution in [2.45, 2.75) is 32.1 Å². The van der Waals surface area contributed by atoms with Crippen LogP contribution in [0.2, 0.25) is 0 Å². The molecule has 0 heterocycles. The van der Waals surface area contributed by atoms with Crippen LogP contribution in [0.5, 0.6) is 11.5 Å². The standard InChI is InChI=1S/C31H38N2O7S/c1-3-19-33(30-28(38-21-20-37-2)15-10-16-29(30)39-23-24-17-18-24)31(34)40-41(35,36)32-22-27(25-11-6-4-7-12-25)26-13-8-5-9-14-26/h4-16,24,27,32H,3,17-23H2,1-2H3. The Labute approximate surface area is 242 Å². The molecule has 0 unspecified atom stereocenters. The SMILES string of the molecule is CCCN(C(=O)OS(=O)(=O)NCC(c1ccccc1)c1ccccc1)c1c(OCCOC)cccc1OCC1CC1. The highest BCUT2D eigenvalue weighted by Crippen LogP contribution is 2.40. The summed E-state index contributed by atoms with van der Waals surface area (Å²) in [5, 5.41) is 0. The van der Waals surface area contributed by atoms with Crippen LogP contribution in [-0.4, -0.2) is 54.5 Å². The molecular formula is C31H38N2O7S. The van der Waals surface area contributed by atoms with Gasteiger partial charge in [-0.1, -0.05) is 73.7 Å². The summed E-state index contributed by atoms with van der Waals surface area (Å²) in [7, 11) is -2.90. The number of benzene rings is 3. The van der Waals surface area contributed by atoms with E-state index in [-0.39, 0.29) is 25.6 Å². The van der Waals surface area contributed by atoms with Gasteiger partial charge in [-0.2, -0.15) is 13.1 Å². The fourth-order valence-corrected chi connectivity index (χ4v) is 5.11. The van der Waals surface area contributed by atoms with Crippen LogP contribution >= 0.6 is 0 Å². The number of nitrogens with zero attached hydrogens (tertiary/aromatic N) is 1. The maximum Gasteiger partial charge on any atom is 0.431 e. The highest BCUT2D eigenvalue weighted by molar-refractivity contribution is 7.85. The second-order valence-corrected chi connectivity index (χ2v) is 11.2. The van der Waals surface area contributed by atoms with Crippen molar-refractivity contribution in [2.24, 2.45) is 5.92 Å². The lowest BCUT2D eigenvalue weighted by molar-refractivity contribution is 0.146. The van der Waals surface area contributed by atoms with Crippen LogP contribution in [0.4, 0.5) is 10.5 Å². The number of methoxy groups -OCH3 is 1. The van der Waals surface area contributed by atoms with Gasteiger partial charge in [-0.15, -0.1) is 0 Å². The number of ether oxygens (including phenoxy) is 3. The number of para-hydroxylation sites is 1. The molecule has 1 saturated carbocycles. The van der Waals surface area contributed by atoms with Crippen LogP contribution < -0.4 is 19.1 Å². The highest BCUT2D eigenvalue weighted by Gasteiger charge is 2.30. The van der Waals surface area contributed by atoms with Crippen molar-refractivity contribution in [3.63, 3.8) is 0 Å². The predicted octanol–water partition coefficient (Wildman–Crippen LogP) is 5.52. The van der Waals surface area contributed by atoms with E-state index in [1.54, 1.807) is 25.3 Å². The molecule has 3 aromatic carbocycles. The second-order valence-electron chi connectivity index (χ2n) is 9.88. The number of amides is 1. The molecule has 0 saturated heterocycles. The minimum Gasteiger partial charge on any atom is -0.491 e. The van der Waals surface area contributed by atoms with Crippen LogP contribution in [0.1, 0.15) is 43.2 Å². The predicted molar refractivity (Wildman–Crippen MR) is 158 cm³/mol. The van der Waals surface area contributed by atoms with E-state index >= 15 is 0 Å². The Kier molecular flexibility index (Phi) is 11.0. The number of hydrogen-bond acceptors (Lipinski definition) is 7. The normalized spacial score (nSPS) is 13.1. The van der Waals surface area contributed by atoms with Crippen molar-refractivity contribution in [1.82, 2.24) is 4.72 Å². The van der Waals surface area contributed by atoms with Gasteiger partial charge >= 0.3 is 16.4 Å². The van der Waals surface area contributed by atoms with E-state index < -0.39 is 16.4 Å². The molecule has 0 radical (unpaired) electrons. The summed E-state index contributed by atoms with van der Waals surface area (Å²) in [4.78, 5) is 14.7. The van der Waals surface area contributed by atoms with Crippen molar-refractivity contribution in [1.29, 1.82) is 0 Å². The van der Waals surface area contributed by atoms with Gasteiger partial charge in [-0.3, -0.25) is 4.90 Å². The van der Waals surface area contributed by atoms with Crippen molar-refractivity contribution >= 4 is 22.1 Å². The van der Waals surface area contributed by atoms with Crippen LogP contribution in [0.15, 0.2) is 78.9 Å². The third kappa shape index (κ3) is 8.94. The lowest BCUT2D eigenvalue weighted by Crippen LogP contribution is -2.39. The summed E-state index contributed by atoms with van der Waals surface area (Å²) in [6.45, 7) is 3.16. The summed E-state index contributed by atoms with van der Waals surface area (Å²) < 4.78 is 50.9.